The quantitative estimate of drug-likeness (QED) is 0.378. The lowest BCUT2D eigenvalue weighted by atomic mass is 10.4. The number of nitrogens with zero attached hydrogens (tertiary/aromatic N) is 2. The first-order chi connectivity index (χ1) is 5.70. The molecule has 0 saturated heterocycles. The standard InChI is InChI=1S/C8H12N4/c1-12(2)6-11-8-7(9)4-3-5-10-8/h3-6H,9H2,1-2H3/p+1. The van der Waals surface area contributed by atoms with Crippen LogP contribution in [0.5, 0.6) is 0 Å². The lowest BCUT2D eigenvalue weighted by molar-refractivity contribution is -0.459. The Labute approximate surface area is 71.7 Å². The molecule has 0 fully saturated rings. The summed E-state index contributed by atoms with van der Waals surface area (Å²) in [6.07, 6.45) is 3.49. The Kier molecular flexibility index (Phi) is 2.63. The molecule has 0 aromatic carbocycles. The van der Waals surface area contributed by atoms with Gasteiger partial charge in [-0.25, -0.2) is 10.3 Å². The minimum Gasteiger partial charge on any atom is -0.394 e. The minimum absolute atomic E-state index is 0.649. The molecule has 0 radical (unpaired) electrons. The largest absolute Gasteiger partial charge is 0.394 e. The van der Waals surface area contributed by atoms with Crippen LogP contribution in [0.3, 0.4) is 0 Å². The van der Waals surface area contributed by atoms with E-state index in [1.54, 1.807) is 24.7 Å². The molecule has 0 aliphatic heterocycles. The van der Waals surface area contributed by atoms with Crippen LogP contribution >= 0.6 is 0 Å². The highest BCUT2D eigenvalue weighted by molar-refractivity contribution is 5.76. The zero-order valence-electron chi connectivity index (χ0n) is 7.28. The third-order valence-electron chi connectivity index (χ3n) is 1.30. The number of aromatic nitrogens is 1. The van der Waals surface area contributed by atoms with E-state index in [1.807, 2.05) is 18.7 Å². The second-order valence-corrected chi connectivity index (χ2v) is 2.68. The Hall–Kier alpha value is -1.58. The van der Waals surface area contributed by atoms with Crippen molar-refractivity contribution in [2.24, 2.45) is 0 Å². The van der Waals surface area contributed by atoms with Crippen LogP contribution in [0.1, 0.15) is 0 Å². The Morgan fingerprint density at radius 2 is 2.33 bits per heavy atom. The molecule has 0 atom stereocenters. The van der Waals surface area contributed by atoms with Gasteiger partial charge in [-0.15, -0.1) is 0 Å². The van der Waals surface area contributed by atoms with Gasteiger partial charge in [-0.2, -0.15) is 0 Å². The van der Waals surface area contributed by atoms with Crippen LogP contribution in [0.4, 0.5) is 11.5 Å². The van der Waals surface area contributed by atoms with Crippen molar-refractivity contribution in [1.82, 2.24) is 4.98 Å². The van der Waals surface area contributed by atoms with Crippen LogP contribution in [0.25, 0.3) is 0 Å². The lowest BCUT2D eigenvalue weighted by Gasteiger charge is -1.97. The van der Waals surface area contributed by atoms with Gasteiger partial charge in [-0.1, -0.05) is 0 Å². The SMILES string of the molecule is C[N+](C)=CNc1ncccc1N. The van der Waals surface area contributed by atoms with Gasteiger partial charge in [-0.05, 0) is 12.1 Å². The summed E-state index contributed by atoms with van der Waals surface area (Å²) in [4.78, 5) is 4.06. The summed E-state index contributed by atoms with van der Waals surface area (Å²) in [5.74, 6) is 0.686. The highest BCUT2D eigenvalue weighted by Gasteiger charge is 1.99. The first-order valence-corrected chi connectivity index (χ1v) is 3.67. The van der Waals surface area contributed by atoms with Crippen molar-refractivity contribution >= 4 is 17.8 Å². The average molecular weight is 165 g/mol. The molecule has 0 aliphatic carbocycles. The van der Waals surface area contributed by atoms with E-state index < -0.39 is 0 Å². The van der Waals surface area contributed by atoms with E-state index in [9.17, 15) is 0 Å². The molecule has 1 heterocycles. The minimum atomic E-state index is 0.649. The smallest absolute Gasteiger partial charge is 0.241 e. The van der Waals surface area contributed by atoms with E-state index in [2.05, 4.69) is 10.3 Å². The van der Waals surface area contributed by atoms with Gasteiger partial charge in [0.25, 0.3) is 0 Å². The number of hydrogen-bond acceptors (Lipinski definition) is 2. The lowest BCUT2D eigenvalue weighted by Crippen LogP contribution is -2.09. The third-order valence-corrected chi connectivity index (χ3v) is 1.30. The first kappa shape index (κ1) is 8.52. The predicted molar refractivity (Wildman–Crippen MR) is 50.4 cm³/mol. The van der Waals surface area contributed by atoms with E-state index >= 15 is 0 Å². The van der Waals surface area contributed by atoms with Crippen LogP contribution in [0.15, 0.2) is 18.3 Å². The maximum atomic E-state index is 5.64. The number of rotatable bonds is 2. The van der Waals surface area contributed by atoms with Crippen molar-refractivity contribution < 1.29 is 4.58 Å². The third kappa shape index (κ3) is 2.23. The maximum absolute atomic E-state index is 5.64. The molecule has 4 nitrogen and oxygen atoms in total. The highest BCUT2D eigenvalue weighted by atomic mass is 15.1. The van der Waals surface area contributed by atoms with Crippen molar-refractivity contribution in [3.05, 3.63) is 18.3 Å². The van der Waals surface area contributed by atoms with E-state index in [0.29, 0.717) is 11.5 Å². The second-order valence-electron chi connectivity index (χ2n) is 2.68. The molecule has 0 amide bonds. The van der Waals surface area contributed by atoms with E-state index in [1.165, 1.54) is 0 Å². The van der Waals surface area contributed by atoms with E-state index in [4.69, 9.17) is 5.73 Å². The van der Waals surface area contributed by atoms with Gasteiger partial charge < -0.3 is 5.73 Å². The van der Waals surface area contributed by atoms with Gasteiger partial charge in [0.15, 0.2) is 0 Å². The monoisotopic (exact) mass is 165 g/mol. The molecule has 3 N–H and O–H groups in total. The summed E-state index contributed by atoms with van der Waals surface area (Å²) >= 11 is 0. The molecule has 0 saturated carbocycles. The molecule has 0 bridgehead atoms. The fourth-order valence-electron chi connectivity index (χ4n) is 0.729. The number of nitrogen functional groups attached to an aromatic ring is 1. The molecule has 64 valence electrons. The Morgan fingerprint density at radius 1 is 1.58 bits per heavy atom. The normalized spacial score (nSPS) is 9.17. The van der Waals surface area contributed by atoms with Gasteiger partial charge in [0.2, 0.25) is 12.2 Å². The molecule has 1 aromatic rings. The second kappa shape index (κ2) is 3.71. The van der Waals surface area contributed by atoms with Crippen LogP contribution in [-0.4, -0.2) is 30.0 Å². The molecule has 1 rings (SSSR count). The molecule has 0 spiro atoms. The average Bonchev–Trinajstić information content (AvgIpc) is 2.03. The molecular formula is C8H13N4+. The Bertz CT molecular complexity index is 289. The van der Waals surface area contributed by atoms with Crippen LogP contribution in [-0.2, 0) is 0 Å². The molecule has 0 aliphatic rings. The van der Waals surface area contributed by atoms with Gasteiger partial charge in [-0.3, -0.25) is 4.58 Å². The fraction of sp³-hybridized carbons (Fsp3) is 0.250. The Morgan fingerprint density at radius 3 is 2.92 bits per heavy atom. The topological polar surface area (TPSA) is 54.0 Å². The van der Waals surface area contributed by atoms with Crippen molar-refractivity contribution in [2.75, 3.05) is 25.1 Å². The van der Waals surface area contributed by atoms with E-state index in [0.717, 1.165) is 0 Å². The number of anilines is 2. The molecular weight excluding hydrogens is 152 g/mol. The summed E-state index contributed by atoms with van der Waals surface area (Å²) in [7, 11) is 3.85. The van der Waals surface area contributed by atoms with Gasteiger partial charge in [0, 0.05) is 6.20 Å². The van der Waals surface area contributed by atoms with Crippen molar-refractivity contribution in [1.29, 1.82) is 0 Å². The van der Waals surface area contributed by atoms with Gasteiger partial charge >= 0.3 is 0 Å². The molecule has 4 heteroatoms. The number of nitrogens with two attached hydrogens (primary N) is 1. The van der Waals surface area contributed by atoms with Crippen LogP contribution in [0, 0.1) is 0 Å². The Balaban J connectivity index is 2.76. The fourth-order valence-corrected chi connectivity index (χ4v) is 0.729. The zero-order chi connectivity index (χ0) is 8.97. The molecule has 0 unspecified atom stereocenters. The van der Waals surface area contributed by atoms with Crippen molar-refractivity contribution in [3.63, 3.8) is 0 Å². The summed E-state index contributed by atoms with van der Waals surface area (Å²) in [6, 6.07) is 3.61. The maximum Gasteiger partial charge on any atom is 0.241 e. The predicted octanol–water partition coefficient (Wildman–Crippen LogP) is 0.376. The number of nitrogens with one attached hydrogen (secondary N) is 1. The first-order valence-electron chi connectivity index (χ1n) is 3.67. The van der Waals surface area contributed by atoms with Crippen molar-refractivity contribution in [3.8, 4) is 0 Å². The van der Waals surface area contributed by atoms with Crippen LogP contribution < -0.4 is 11.1 Å². The molecule has 1 aromatic heterocycles. The summed E-state index contributed by atoms with van der Waals surface area (Å²) in [5.41, 5.74) is 6.29. The van der Waals surface area contributed by atoms with E-state index in [-0.39, 0.29) is 0 Å². The summed E-state index contributed by atoms with van der Waals surface area (Å²) in [5, 5.41) is 2.98. The summed E-state index contributed by atoms with van der Waals surface area (Å²) < 4.78 is 1.88. The number of pyridine rings is 1. The van der Waals surface area contributed by atoms with Gasteiger partial charge in [0.1, 0.15) is 0 Å². The molecule has 12 heavy (non-hydrogen) atoms. The van der Waals surface area contributed by atoms with Gasteiger partial charge in [0.05, 0.1) is 19.8 Å². The summed E-state index contributed by atoms with van der Waals surface area (Å²) in [6.45, 7) is 0. The highest BCUT2D eigenvalue weighted by Crippen LogP contribution is 2.10. The number of hydrogen-bond donors (Lipinski definition) is 2. The zero-order valence-corrected chi connectivity index (χ0v) is 7.28. The van der Waals surface area contributed by atoms with Crippen molar-refractivity contribution in [2.45, 2.75) is 0 Å². The van der Waals surface area contributed by atoms with Crippen LogP contribution in [0.2, 0.25) is 0 Å².